The minimum atomic E-state index is -1.79. The average molecular weight is 424 g/mol. The zero-order valence-corrected chi connectivity index (χ0v) is 17.6. The van der Waals surface area contributed by atoms with E-state index in [1.54, 1.807) is 24.3 Å². The van der Waals surface area contributed by atoms with Gasteiger partial charge in [0.15, 0.2) is 0 Å². The first-order valence-electron chi connectivity index (χ1n) is 10.7. The van der Waals surface area contributed by atoms with E-state index >= 15 is 0 Å². The van der Waals surface area contributed by atoms with Crippen LogP contribution in [0.5, 0.6) is 0 Å². The summed E-state index contributed by atoms with van der Waals surface area (Å²) >= 11 is 0. The van der Waals surface area contributed by atoms with Gasteiger partial charge in [0.05, 0.1) is 11.6 Å². The standard InChI is InChI=1S/C26H20N2O4/c1-14-11-12-15(2)20(13-14)27-24(29)22-21-16-7-3-5-9-18(16)26(28(31)32,23(22)25(27)30)19-10-6-4-8-17(19)21/h3-13,21-23H,1-2H3/t21?,22-,23-,26?/m0/s1. The van der Waals surface area contributed by atoms with Crippen molar-refractivity contribution in [3.05, 3.63) is 110 Å². The molecule has 0 unspecified atom stereocenters. The quantitative estimate of drug-likeness (QED) is 0.353. The maximum Gasteiger partial charge on any atom is 0.285 e. The SMILES string of the molecule is Cc1ccc(C)c(N2C(=O)[C@@H]3[C@@H](C2=O)C2c4ccccc4C3([N+](=O)[O-])c3ccccc32)c1. The van der Waals surface area contributed by atoms with Crippen LogP contribution in [0.2, 0.25) is 0 Å². The van der Waals surface area contributed by atoms with Gasteiger partial charge in [0.25, 0.3) is 5.54 Å². The fourth-order valence-electron chi connectivity index (χ4n) is 6.24. The average Bonchev–Trinajstić information content (AvgIpc) is 3.06. The zero-order valence-electron chi connectivity index (χ0n) is 17.6. The molecule has 2 atom stereocenters. The molecule has 0 N–H and O–H groups in total. The Morgan fingerprint density at radius 3 is 2.06 bits per heavy atom. The Morgan fingerprint density at radius 1 is 0.875 bits per heavy atom. The van der Waals surface area contributed by atoms with E-state index in [0.29, 0.717) is 16.8 Å². The normalized spacial score (nSPS) is 27.2. The van der Waals surface area contributed by atoms with Crippen molar-refractivity contribution in [2.75, 3.05) is 4.90 Å². The molecule has 32 heavy (non-hydrogen) atoms. The Kier molecular flexibility index (Phi) is 3.62. The lowest BCUT2D eigenvalue weighted by Gasteiger charge is -2.48. The predicted molar refractivity (Wildman–Crippen MR) is 118 cm³/mol. The van der Waals surface area contributed by atoms with Gasteiger partial charge >= 0.3 is 0 Å². The summed E-state index contributed by atoms with van der Waals surface area (Å²) in [7, 11) is 0. The van der Waals surface area contributed by atoms with E-state index in [1.165, 1.54) is 4.90 Å². The van der Waals surface area contributed by atoms with Gasteiger partial charge in [-0.05, 0) is 42.2 Å². The molecular weight excluding hydrogens is 404 g/mol. The Morgan fingerprint density at radius 2 is 1.47 bits per heavy atom. The zero-order chi connectivity index (χ0) is 22.4. The highest BCUT2D eigenvalue weighted by Gasteiger charge is 2.74. The third-order valence-corrected chi connectivity index (χ3v) is 7.47. The molecule has 0 spiro atoms. The van der Waals surface area contributed by atoms with Crippen LogP contribution in [0, 0.1) is 35.8 Å². The van der Waals surface area contributed by atoms with Crippen molar-refractivity contribution < 1.29 is 14.5 Å². The number of nitro groups is 1. The molecule has 4 aliphatic rings. The van der Waals surface area contributed by atoms with Crippen LogP contribution in [-0.2, 0) is 15.1 Å². The van der Waals surface area contributed by atoms with Crippen molar-refractivity contribution in [2.24, 2.45) is 11.8 Å². The third kappa shape index (κ3) is 2.00. The van der Waals surface area contributed by atoms with E-state index in [-0.39, 0.29) is 16.7 Å². The number of rotatable bonds is 2. The minimum absolute atomic E-state index is 0.338. The van der Waals surface area contributed by atoms with Gasteiger partial charge in [-0.3, -0.25) is 19.7 Å². The Bertz CT molecular complexity index is 1310. The van der Waals surface area contributed by atoms with E-state index in [2.05, 4.69) is 0 Å². The molecule has 0 saturated carbocycles. The monoisotopic (exact) mass is 424 g/mol. The lowest BCUT2D eigenvalue weighted by Crippen LogP contribution is -2.57. The van der Waals surface area contributed by atoms with Crippen LogP contribution in [0.1, 0.15) is 39.3 Å². The molecular formula is C26H20N2O4. The largest absolute Gasteiger partial charge is 0.285 e. The Balaban J connectivity index is 1.68. The first kappa shape index (κ1) is 18.9. The number of amides is 2. The summed E-state index contributed by atoms with van der Waals surface area (Å²) in [4.78, 5) is 41.6. The Hall–Kier alpha value is -3.80. The van der Waals surface area contributed by atoms with E-state index in [9.17, 15) is 19.7 Å². The number of carbonyl (C=O) groups is 2. The fraction of sp³-hybridized carbons (Fsp3) is 0.231. The van der Waals surface area contributed by atoms with Gasteiger partial charge in [0.1, 0.15) is 5.92 Å². The molecule has 3 aromatic rings. The second kappa shape index (κ2) is 6.13. The summed E-state index contributed by atoms with van der Waals surface area (Å²) in [5.74, 6) is -3.12. The highest BCUT2D eigenvalue weighted by atomic mass is 16.6. The van der Waals surface area contributed by atoms with Crippen molar-refractivity contribution in [3.63, 3.8) is 0 Å². The van der Waals surface area contributed by atoms with Crippen LogP contribution in [0.4, 0.5) is 5.69 Å². The molecule has 3 aromatic carbocycles. The fourth-order valence-corrected chi connectivity index (χ4v) is 6.24. The highest BCUT2D eigenvalue weighted by molar-refractivity contribution is 6.24. The molecule has 0 radical (unpaired) electrons. The lowest BCUT2D eigenvalue weighted by molar-refractivity contribution is -0.578. The number of benzene rings is 3. The van der Waals surface area contributed by atoms with Crippen LogP contribution in [0.15, 0.2) is 66.7 Å². The third-order valence-electron chi connectivity index (χ3n) is 7.47. The van der Waals surface area contributed by atoms with Crippen molar-refractivity contribution >= 4 is 17.5 Å². The van der Waals surface area contributed by atoms with Crippen LogP contribution < -0.4 is 4.90 Å². The van der Waals surface area contributed by atoms with Crippen molar-refractivity contribution in [3.8, 4) is 0 Å². The van der Waals surface area contributed by atoms with Gasteiger partial charge < -0.3 is 0 Å². The number of aryl methyl sites for hydroxylation is 2. The topological polar surface area (TPSA) is 80.5 Å². The predicted octanol–water partition coefficient (Wildman–Crippen LogP) is 4.09. The maximum absolute atomic E-state index is 13.9. The van der Waals surface area contributed by atoms with Crippen molar-refractivity contribution in [1.29, 1.82) is 0 Å². The number of carbonyl (C=O) groups excluding carboxylic acids is 2. The van der Waals surface area contributed by atoms with Gasteiger partial charge in [-0.15, -0.1) is 0 Å². The first-order valence-corrected chi connectivity index (χ1v) is 10.7. The van der Waals surface area contributed by atoms with Crippen LogP contribution in [-0.4, -0.2) is 16.7 Å². The maximum atomic E-state index is 13.9. The van der Waals surface area contributed by atoms with E-state index < -0.39 is 23.3 Å². The van der Waals surface area contributed by atoms with E-state index in [1.807, 2.05) is 56.3 Å². The molecule has 6 heteroatoms. The van der Waals surface area contributed by atoms with Crippen molar-refractivity contribution in [2.45, 2.75) is 25.3 Å². The van der Waals surface area contributed by atoms with Gasteiger partial charge in [0.2, 0.25) is 11.8 Å². The van der Waals surface area contributed by atoms with Gasteiger partial charge in [0, 0.05) is 22.0 Å². The molecule has 1 fully saturated rings. The van der Waals surface area contributed by atoms with Crippen molar-refractivity contribution in [1.82, 2.24) is 0 Å². The molecule has 2 amide bonds. The summed E-state index contributed by atoms with van der Waals surface area (Å²) < 4.78 is 0. The molecule has 0 aromatic heterocycles. The van der Waals surface area contributed by atoms with Crippen LogP contribution in [0.25, 0.3) is 0 Å². The molecule has 6 nitrogen and oxygen atoms in total. The summed E-state index contributed by atoms with van der Waals surface area (Å²) in [5.41, 5.74) is 3.03. The summed E-state index contributed by atoms with van der Waals surface area (Å²) in [5, 5.41) is 12.9. The number of hydrogen-bond donors (Lipinski definition) is 0. The minimum Gasteiger partial charge on any atom is -0.274 e. The molecule has 1 saturated heterocycles. The second-order valence-electron chi connectivity index (χ2n) is 8.98. The smallest absolute Gasteiger partial charge is 0.274 e. The summed E-state index contributed by atoms with van der Waals surface area (Å²) in [6, 6.07) is 20.0. The van der Waals surface area contributed by atoms with Gasteiger partial charge in [-0.1, -0.05) is 60.7 Å². The van der Waals surface area contributed by atoms with E-state index in [0.717, 1.165) is 22.3 Å². The van der Waals surface area contributed by atoms with Crippen LogP contribution in [0.3, 0.4) is 0 Å². The van der Waals surface area contributed by atoms with Crippen LogP contribution >= 0.6 is 0 Å². The number of anilines is 1. The first-order chi connectivity index (χ1) is 15.4. The second-order valence-corrected chi connectivity index (χ2v) is 8.98. The molecule has 158 valence electrons. The summed E-state index contributed by atoms with van der Waals surface area (Å²) in [6.07, 6.45) is 0. The van der Waals surface area contributed by atoms with Gasteiger partial charge in [-0.25, -0.2) is 4.90 Å². The number of imide groups is 1. The van der Waals surface area contributed by atoms with Gasteiger partial charge in [-0.2, -0.15) is 0 Å². The molecule has 2 bridgehead atoms. The molecule has 1 heterocycles. The molecule has 3 aliphatic carbocycles. The molecule has 7 rings (SSSR count). The Labute approximate surface area is 184 Å². The highest BCUT2D eigenvalue weighted by Crippen LogP contribution is 2.64. The van der Waals surface area contributed by atoms with E-state index in [4.69, 9.17) is 0 Å². The number of nitrogens with zero attached hydrogens (tertiary/aromatic N) is 2. The summed E-state index contributed by atoms with van der Waals surface area (Å²) in [6.45, 7) is 3.74. The lowest BCUT2D eigenvalue weighted by atomic mass is 9.51. The molecule has 1 aliphatic heterocycles. The number of hydrogen-bond acceptors (Lipinski definition) is 4.